The molecule has 1 amide bonds. The Hall–Kier alpha value is -1.40. The third-order valence-electron chi connectivity index (χ3n) is 5.33. The highest BCUT2D eigenvalue weighted by Gasteiger charge is 2.57. The zero-order valence-electron chi connectivity index (χ0n) is 12.4. The van der Waals surface area contributed by atoms with Gasteiger partial charge in [0.05, 0.1) is 16.7 Å². The molecule has 1 spiro atoms. The Kier molecular flexibility index (Phi) is 3.10. The van der Waals surface area contributed by atoms with E-state index in [1.807, 2.05) is 30.3 Å². The van der Waals surface area contributed by atoms with Crippen molar-refractivity contribution in [2.24, 2.45) is 5.41 Å². The van der Waals surface area contributed by atoms with Crippen LogP contribution in [0.1, 0.15) is 37.3 Å². The van der Waals surface area contributed by atoms with Crippen LogP contribution in [0.4, 0.5) is 0 Å². The van der Waals surface area contributed by atoms with Crippen LogP contribution < -0.4 is 5.32 Å². The molecule has 0 aromatic heterocycles. The fourth-order valence-corrected chi connectivity index (χ4v) is 5.59. The molecule has 0 bridgehead atoms. The Labute approximate surface area is 130 Å². The van der Waals surface area contributed by atoms with Gasteiger partial charge < -0.3 is 5.32 Å². The van der Waals surface area contributed by atoms with Gasteiger partial charge >= 0.3 is 0 Å². The van der Waals surface area contributed by atoms with Crippen molar-refractivity contribution in [1.29, 1.82) is 0 Å². The Morgan fingerprint density at radius 3 is 2.27 bits per heavy atom. The number of hydrogen-bond acceptors (Lipinski definition) is 3. The summed E-state index contributed by atoms with van der Waals surface area (Å²) in [7, 11) is -3.12. The maximum Gasteiger partial charge on any atom is 0.229 e. The van der Waals surface area contributed by atoms with E-state index in [4.69, 9.17) is 0 Å². The van der Waals surface area contributed by atoms with Gasteiger partial charge in [-0.05, 0) is 31.2 Å². The van der Waals surface area contributed by atoms with Crippen molar-refractivity contribution in [2.45, 2.75) is 37.0 Å². The van der Waals surface area contributed by atoms with Crippen LogP contribution in [0.25, 0.3) is 0 Å². The molecule has 1 aliphatic carbocycles. The van der Waals surface area contributed by atoms with Crippen molar-refractivity contribution in [2.75, 3.05) is 13.1 Å². The van der Waals surface area contributed by atoms with Crippen LogP contribution in [0.15, 0.2) is 30.3 Å². The molecular formula is C16H20N2O3S. The fraction of sp³-hybridized carbons (Fsp3) is 0.562. The Bertz CT molecular complexity index is 689. The number of rotatable bonds is 3. The van der Waals surface area contributed by atoms with Crippen LogP contribution in [-0.4, -0.2) is 37.0 Å². The monoisotopic (exact) mass is 320 g/mol. The molecule has 22 heavy (non-hydrogen) atoms. The summed E-state index contributed by atoms with van der Waals surface area (Å²) >= 11 is 0. The molecule has 3 fully saturated rings. The molecule has 1 atom stereocenters. The predicted molar refractivity (Wildman–Crippen MR) is 82.5 cm³/mol. The van der Waals surface area contributed by atoms with Gasteiger partial charge in [-0.3, -0.25) is 4.79 Å². The van der Waals surface area contributed by atoms with E-state index in [9.17, 15) is 13.2 Å². The van der Waals surface area contributed by atoms with E-state index in [1.165, 1.54) is 0 Å². The average molecular weight is 320 g/mol. The average Bonchev–Trinajstić information content (AvgIpc) is 3.39. The SMILES string of the molecule is O=C1N[C@H](c2ccccc2)C12CCN(S(=O)(=O)C1CC1)CC2. The smallest absolute Gasteiger partial charge is 0.229 e. The molecule has 1 N–H and O–H groups in total. The number of nitrogens with zero attached hydrogens (tertiary/aromatic N) is 1. The number of piperidine rings is 1. The third-order valence-corrected chi connectivity index (χ3v) is 7.73. The maximum atomic E-state index is 12.3. The number of carbonyl (C=O) groups is 1. The minimum absolute atomic E-state index is 0.0204. The standard InChI is InChI=1S/C16H20N2O3S/c19-15-16(14(17-15)12-4-2-1-3-5-12)8-10-18(11-9-16)22(20,21)13-6-7-13/h1-5,13-14H,6-11H2,(H,17,19)/t14-/m1/s1. The molecule has 2 heterocycles. The summed E-state index contributed by atoms with van der Waals surface area (Å²) in [5.74, 6) is 0.0739. The van der Waals surface area contributed by atoms with Gasteiger partial charge in [-0.1, -0.05) is 30.3 Å². The summed E-state index contributed by atoms with van der Waals surface area (Å²) in [5.41, 5.74) is 0.692. The summed E-state index contributed by atoms with van der Waals surface area (Å²) in [4.78, 5) is 12.2. The molecule has 1 aromatic carbocycles. The highest BCUT2D eigenvalue weighted by molar-refractivity contribution is 7.90. The molecule has 118 valence electrons. The molecule has 3 aliphatic rings. The molecule has 6 heteroatoms. The Morgan fingerprint density at radius 1 is 1.09 bits per heavy atom. The summed E-state index contributed by atoms with van der Waals surface area (Å²) in [5, 5.41) is 2.84. The van der Waals surface area contributed by atoms with E-state index in [1.54, 1.807) is 4.31 Å². The fourth-order valence-electron chi connectivity index (χ4n) is 3.75. The van der Waals surface area contributed by atoms with Crippen molar-refractivity contribution < 1.29 is 13.2 Å². The lowest BCUT2D eigenvalue weighted by atomic mass is 9.64. The van der Waals surface area contributed by atoms with Crippen LogP contribution in [-0.2, 0) is 14.8 Å². The first kappa shape index (κ1) is 14.2. The quantitative estimate of drug-likeness (QED) is 0.857. The largest absolute Gasteiger partial charge is 0.348 e. The molecule has 2 aliphatic heterocycles. The molecular weight excluding hydrogens is 300 g/mol. The molecule has 4 rings (SSSR count). The van der Waals surface area contributed by atoms with E-state index in [0.717, 1.165) is 18.4 Å². The number of amides is 1. The number of hydrogen-bond donors (Lipinski definition) is 1. The van der Waals surface area contributed by atoms with E-state index >= 15 is 0 Å². The topological polar surface area (TPSA) is 66.5 Å². The third kappa shape index (κ3) is 2.01. The summed E-state index contributed by atoms with van der Waals surface area (Å²) in [6, 6.07) is 9.98. The first-order valence-electron chi connectivity index (χ1n) is 7.89. The van der Waals surface area contributed by atoms with Gasteiger partial charge in [-0.15, -0.1) is 0 Å². The van der Waals surface area contributed by atoms with Gasteiger partial charge in [0, 0.05) is 13.1 Å². The molecule has 2 saturated heterocycles. The maximum absolute atomic E-state index is 12.3. The van der Waals surface area contributed by atoms with Crippen LogP contribution in [0.5, 0.6) is 0 Å². The first-order valence-corrected chi connectivity index (χ1v) is 9.39. The van der Waals surface area contributed by atoms with Crippen molar-refractivity contribution in [3.63, 3.8) is 0 Å². The van der Waals surface area contributed by atoms with Gasteiger partial charge in [-0.2, -0.15) is 0 Å². The zero-order chi connectivity index (χ0) is 15.4. The van der Waals surface area contributed by atoms with E-state index in [-0.39, 0.29) is 17.2 Å². The van der Waals surface area contributed by atoms with Crippen molar-refractivity contribution in [1.82, 2.24) is 9.62 Å². The van der Waals surface area contributed by atoms with Crippen molar-refractivity contribution in [3.8, 4) is 0 Å². The van der Waals surface area contributed by atoms with Gasteiger partial charge in [0.25, 0.3) is 0 Å². The number of sulfonamides is 1. The number of benzene rings is 1. The van der Waals surface area contributed by atoms with Crippen molar-refractivity contribution >= 4 is 15.9 Å². The van der Waals surface area contributed by atoms with Gasteiger partial charge in [-0.25, -0.2) is 12.7 Å². The minimum Gasteiger partial charge on any atom is -0.348 e. The van der Waals surface area contributed by atoms with Gasteiger partial charge in [0.15, 0.2) is 0 Å². The number of nitrogens with one attached hydrogen (secondary N) is 1. The van der Waals surface area contributed by atoms with E-state index in [2.05, 4.69) is 5.32 Å². The molecule has 0 unspecified atom stereocenters. The van der Waals surface area contributed by atoms with Crippen LogP contribution in [0.3, 0.4) is 0 Å². The second kappa shape index (κ2) is 4.80. The lowest BCUT2D eigenvalue weighted by Crippen LogP contribution is -2.64. The summed E-state index contributed by atoms with van der Waals surface area (Å²) < 4.78 is 26.2. The molecule has 0 radical (unpaired) electrons. The first-order chi connectivity index (χ1) is 10.5. The second-order valence-corrected chi connectivity index (χ2v) is 8.83. The minimum atomic E-state index is -3.12. The Balaban J connectivity index is 1.53. The van der Waals surface area contributed by atoms with E-state index in [0.29, 0.717) is 25.9 Å². The lowest BCUT2D eigenvalue weighted by Gasteiger charge is -2.52. The molecule has 1 aromatic rings. The predicted octanol–water partition coefficient (Wildman–Crippen LogP) is 1.43. The summed E-state index contributed by atoms with van der Waals surface area (Å²) in [6.07, 6.45) is 2.81. The highest BCUT2D eigenvalue weighted by Crippen LogP contribution is 2.50. The van der Waals surface area contributed by atoms with Gasteiger partial charge in [0.2, 0.25) is 15.9 Å². The number of β-lactam (4-membered cyclic amide) rings is 1. The Morgan fingerprint density at radius 2 is 1.73 bits per heavy atom. The molecule has 1 saturated carbocycles. The lowest BCUT2D eigenvalue weighted by molar-refractivity contribution is -0.150. The number of carbonyl (C=O) groups excluding carboxylic acids is 1. The van der Waals surface area contributed by atoms with Crippen LogP contribution in [0.2, 0.25) is 0 Å². The van der Waals surface area contributed by atoms with Crippen molar-refractivity contribution in [3.05, 3.63) is 35.9 Å². The van der Waals surface area contributed by atoms with Gasteiger partial charge in [0.1, 0.15) is 0 Å². The van der Waals surface area contributed by atoms with Crippen LogP contribution in [0, 0.1) is 5.41 Å². The summed E-state index contributed by atoms with van der Waals surface area (Å²) in [6.45, 7) is 0.936. The van der Waals surface area contributed by atoms with E-state index < -0.39 is 15.4 Å². The second-order valence-electron chi connectivity index (χ2n) is 6.62. The highest BCUT2D eigenvalue weighted by atomic mass is 32.2. The zero-order valence-corrected chi connectivity index (χ0v) is 13.2. The van der Waals surface area contributed by atoms with Crippen LogP contribution >= 0.6 is 0 Å². The molecule has 5 nitrogen and oxygen atoms in total. The normalized spacial score (nSPS) is 28.2.